The summed E-state index contributed by atoms with van der Waals surface area (Å²) >= 11 is 6.09. The van der Waals surface area contributed by atoms with Gasteiger partial charge >= 0.3 is 0 Å². The summed E-state index contributed by atoms with van der Waals surface area (Å²) < 4.78 is 8.57. The Morgan fingerprint density at radius 2 is 1.93 bits per heavy atom. The normalized spacial score (nSPS) is 20.5. The van der Waals surface area contributed by atoms with E-state index in [4.69, 9.17) is 16.0 Å². The molecule has 2 atom stereocenters. The van der Waals surface area contributed by atoms with Crippen LogP contribution in [0.25, 0.3) is 17.0 Å². The van der Waals surface area contributed by atoms with Crippen molar-refractivity contribution < 1.29 is 4.43 Å². The number of imidazole rings is 1. The molecular formula is C22H29ClN4OSi. The molecule has 154 valence electrons. The topological polar surface area (TPSA) is 52.3 Å². The summed E-state index contributed by atoms with van der Waals surface area (Å²) in [6.07, 6.45) is 7.45. The second kappa shape index (κ2) is 7.49. The highest BCUT2D eigenvalue weighted by Crippen LogP contribution is 2.44. The molecule has 0 N–H and O–H groups in total. The molecule has 0 amide bonds. The summed E-state index contributed by atoms with van der Waals surface area (Å²) in [6, 6.07) is 7.91. The third-order valence-electron chi connectivity index (χ3n) is 6.51. The van der Waals surface area contributed by atoms with Gasteiger partial charge in [-0.1, -0.05) is 38.8 Å². The molecule has 0 bridgehead atoms. The minimum atomic E-state index is -1.81. The lowest BCUT2D eigenvalue weighted by Gasteiger charge is -2.40. The molecular weight excluding hydrogens is 400 g/mol. The molecule has 0 aromatic carbocycles. The van der Waals surface area contributed by atoms with E-state index in [0.29, 0.717) is 11.1 Å². The van der Waals surface area contributed by atoms with Crippen molar-refractivity contribution in [3.05, 3.63) is 47.4 Å². The molecule has 4 rings (SSSR count). The molecule has 3 aromatic rings. The largest absolute Gasteiger partial charge is 0.413 e. The van der Waals surface area contributed by atoms with Crippen molar-refractivity contribution >= 4 is 25.6 Å². The van der Waals surface area contributed by atoms with Crippen LogP contribution in [-0.2, 0) is 4.43 Å². The SMILES string of the molecule is CC(C)(C)[Si](C)(C)O[C@H]1CCC[C@@H]1c1ccnc(-c2cnc3ccc(Cl)nn23)c1. The lowest BCUT2D eigenvalue weighted by atomic mass is 9.96. The van der Waals surface area contributed by atoms with E-state index in [0.717, 1.165) is 29.9 Å². The summed E-state index contributed by atoms with van der Waals surface area (Å²) in [5, 5.41) is 5.04. The van der Waals surface area contributed by atoms with E-state index in [1.165, 1.54) is 12.0 Å². The zero-order chi connectivity index (χ0) is 20.8. The first-order chi connectivity index (χ1) is 13.7. The highest BCUT2D eigenvalue weighted by molar-refractivity contribution is 6.74. The molecule has 5 nitrogen and oxygen atoms in total. The van der Waals surface area contributed by atoms with Gasteiger partial charge in [-0.25, -0.2) is 9.50 Å². The van der Waals surface area contributed by atoms with Gasteiger partial charge in [0.15, 0.2) is 14.0 Å². The number of aromatic nitrogens is 4. The number of hydrogen-bond acceptors (Lipinski definition) is 4. The summed E-state index contributed by atoms with van der Waals surface area (Å²) in [5.74, 6) is 0.404. The molecule has 3 aromatic heterocycles. The average Bonchev–Trinajstić information content (AvgIpc) is 3.27. The Labute approximate surface area is 178 Å². The van der Waals surface area contributed by atoms with E-state index < -0.39 is 8.32 Å². The fourth-order valence-electron chi connectivity index (χ4n) is 3.85. The van der Waals surface area contributed by atoms with Gasteiger partial charge in [0.05, 0.1) is 18.0 Å². The van der Waals surface area contributed by atoms with Gasteiger partial charge in [0.25, 0.3) is 0 Å². The Kier molecular flexibility index (Phi) is 5.30. The van der Waals surface area contributed by atoms with E-state index >= 15 is 0 Å². The number of pyridine rings is 1. The highest BCUT2D eigenvalue weighted by Gasteiger charge is 2.42. The highest BCUT2D eigenvalue weighted by atomic mass is 35.5. The maximum atomic E-state index is 6.82. The van der Waals surface area contributed by atoms with Crippen molar-refractivity contribution in [2.24, 2.45) is 0 Å². The standard InChI is InChI=1S/C22H29ClN4OSi/c1-22(2,3)29(4,5)28-19-8-6-7-16(19)15-11-12-24-17(13-15)18-14-25-21-10-9-20(23)26-27(18)21/h9-14,16,19H,6-8H2,1-5H3/t16-,19+/m1/s1. The van der Waals surface area contributed by atoms with Gasteiger partial charge in [-0.2, -0.15) is 5.10 Å². The molecule has 0 unspecified atom stereocenters. The first-order valence-corrected chi connectivity index (χ1v) is 13.6. The van der Waals surface area contributed by atoms with Crippen LogP contribution < -0.4 is 0 Å². The van der Waals surface area contributed by atoms with Crippen LogP contribution in [0.2, 0.25) is 23.3 Å². The molecule has 3 heterocycles. The van der Waals surface area contributed by atoms with Gasteiger partial charge in [-0.05, 0) is 60.8 Å². The molecule has 0 saturated heterocycles. The summed E-state index contributed by atoms with van der Waals surface area (Å²) in [7, 11) is -1.81. The molecule has 1 saturated carbocycles. The molecule has 0 radical (unpaired) electrons. The fourth-order valence-corrected chi connectivity index (χ4v) is 5.38. The van der Waals surface area contributed by atoms with E-state index in [2.05, 4.69) is 61.1 Å². The number of fused-ring (bicyclic) bond motifs is 1. The van der Waals surface area contributed by atoms with Crippen molar-refractivity contribution in [1.29, 1.82) is 0 Å². The minimum Gasteiger partial charge on any atom is -0.413 e. The monoisotopic (exact) mass is 428 g/mol. The quantitative estimate of drug-likeness (QED) is 0.471. The van der Waals surface area contributed by atoms with Gasteiger partial charge in [0, 0.05) is 12.1 Å². The molecule has 1 fully saturated rings. The van der Waals surface area contributed by atoms with Gasteiger partial charge in [-0.3, -0.25) is 4.98 Å². The van der Waals surface area contributed by atoms with Gasteiger partial charge < -0.3 is 4.43 Å². The minimum absolute atomic E-state index is 0.213. The zero-order valence-corrected chi connectivity index (χ0v) is 19.6. The Balaban J connectivity index is 1.65. The van der Waals surface area contributed by atoms with Crippen LogP contribution in [0, 0.1) is 0 Å². The fraction of sp³-hybridized carbons (Fsp3) is 0.500. The first kappa shape index (κ1) is 20.5. The maximum absolute atomic E-state index is 6.82. The van der Waals surface area contributed by atoms with Crippen LogP contribution in [0.15, 0.2) is 36.7 Å². The second-order valence-electron chi connectivity index (χ2n) is 9.50. The van der Waals surface area contributed by atoms with Crippen molar-refractivity contribution in [3.8, 4) is 11.4 Å². The zero-order valence-electron chi connectivity index (χ0n) is 17.8. The molecule has 29 heavy (non-hydrogen) atoms. The van der Waals surface area contributed by atoms with Crippen LogP contribution in [0.1, 0.15) is 51.5 Å². The van der Waals surface area contributed by atoms with Crippen molar-refractivity contribution in [3.63, 3.8) is 0 Å². The molecule has 1 aliphatic carbocycles. The number of rotatable bonds is 4. The predicted molar refractivity (Wildman–Crippen MR) is 120 cm³/mol. The van der Waals surface area contributed by atoms with E-state index in [9.17, 15) is 0 Å². The van der Waals surface area contributed by atoms with Crippen molar-refractivity contribution in [1.82, 2.24) is 19.6 Å². The van der Waals surface area contributed by atoms with Crippen LogP contribution >= 0.6 is 11.6 Å². The average molecular weight is 429 g/mol. The third-order valence-corrected chi connectivity index (χ3v) is 11.2. The maximum Gasteiger partial charge on any atom is 0.192 e. The second-order valence-corrected chi connectivity index (χ2v) is 14.6. The Hall–Kier alpha value is -1.76. The van der Waals surface area contributed by atoms with E-state index in [1.54, 1.807) is 10.6 Å². The first-order valence-electron chi connectivity index (χ1n) is 10.3. The number of hydrogen-bond donors (Lipinski definition) is 0. The molecule has 0 aliphatic heterocycles. The van der Waals surface area contributed by atoms with Crippen LogP contribution in [0.3, 0.4) is 0 Å². The number of nitrogens with zero attached hydrogens (tertiary/aromatic N) is 4. The van der Waals surface area contributed by atoms with Crippen LogP contribution in [0.4, 0.5) is 0 Å². The third kappa shape index (κ3) is 3.98. The Morgan fingerprint density at radius 1 is 1.14 bits per heavy atom. The molecule has 1 aliphatic rings. The smallest absolute Gasteiger partial charge is 0.192 e. The number of halogens is 1. The molecule has 7 heteroatoms. The van der Waals surface area contributed by atoms with Gasteiger partial charge in [0.1, 0.15) is 10.8 Å². The van der Waals surface area contributed by atoms with Gasteiger partial charge in [0.2, 0.25) is 0 Å². The van der Waals surface area contributed by atoms with Crippen molar-refractivity contribution in [2.75, 3.05) is 0 Å². The lowest BCUT2D eigenvalue weighted by molar-refractivity contribution is 0.170. The lowest BCUT2D eigenvalue weighted by Crippen LogP contribution is -2.44. The van der Waals surface area contributed by atoms with Crippen LogP contribution in [0.5, 0.6) is 0 Å². The molecule has 0 spiro atoms. The van der Waals surface area contributed by atoms with Crippen molar-refractivity contribution in [2.45, 2.75) is 70.2 Å². The Bertz CT molecular complexity index is 1030. The van der Waals surface area contributed by atoms with E-state index in [-0.39, 0.29) is 11.1 Å². The van der Waals surface area contributed by atoms with Crippen LogP contribution in [-0.4, -0.2) is 34.0 Å². The summed E-state index contributed by atoms with van der Waals surface area (Å²) in [6.45, 7) is 11.6. The predicted octanol–water partition coefficient (Wildman–Crippen LogP) is 6.10. The Morgan fingerprint density at radius 3 is 2.69 bits per heavy atom. The van der Waals surface area contributed by atoms with Gasteiger partial charge in [-0.15, -0.1) is 0 Å². The summed E-state index contributed by atoms with van der Waals surface area (Å²) in [4.78, 5) is 9.03. The summed E-state index contributed by atoms with van der Waals surface area (Å²) in [5.41, 5.74) is 3.76. The van der Waals surface area contributed by atoms with E-state index in [1.807, 2.05) is 18.5 Å².